The number of aryl methyl sites for hydroxylation is 1. The third-order valence-corrected chi connectivity index (χ3v) is 5.19. The number of Topliss-reactive ketones (excluding diaryl/α,β-unsaturated/α-hetero) is 1. The zero-order valence-electron chi connectivity index (χ0n) is 16.7. The summed E-state index contributed by atoms with van der Waals surface area (Å²) < 4.78 is 19.2. The van der Waals surface area contributed by atoms with Gasteiger partial charge in [0.25, 0.3) is 0 Å². The van der Waals surface area contributed by atoms with Crippen LogP contribution in [0.15, 0.2) is 48.5 Å². The summed E-state index contributed by atoms with van der Waals surface area (Å²) >= 11 is 0. The summed E-state index contributed by atoms with van der Waals surface area (Å²) in [4.78, 5) is 26.8. The van der Waals surface area contributed by atoms with Gasteiger partial charge in [-0.05, 0) is 24.6 Å². The van der Waals surface area contributed by atoms with Crippen molar-refractivity contribution in [3.8, 4) is 0 Å². The van der Waals surface area contributed by atoms with Crippen LogP contribution in [0.5, 0.6) is 0 Å². The fourth-order valence-electron chi connectivity index (χ4n) is 3.48. The maximum atomic E-state index is 13.7. The normalized spacial score (nSPS) is 15.7. The third kappa shape index (κ3) is 5.95. The number of ketones is 1. The molecule has 29 heavy (non-hydrogen) atoms. The summed E-state index contributed by atoms with van der Waals surface area (Å²) in [5.41, 5.74) is 2.36. The molecule has 6 heteroatoms. The van der Waals surface area contributed by atoms with Crippen LogP contribution in [0.3, 0.4) is 0 Å². The SMILES string of the molecule is Cc1ccc(C(CNC(=O)CCC(=O)c2ccccc2F)N2CCOCC2)cc1. The quantitative estimate of drug-likeness (QED) is 0.694. The number of hydrogen-bond acceptors (Lipinski definition) is 4. The average molecular weight is 398 g/mol. The first kappa shape index (κ1) is 21.1. The number of carbonyl (C=O) groups is 2. The van der Waals surface area contributed by atoms with E-state index in [1.807, 2.05) is 6.92 Å². The van der Waals surface area contributed by atoms with E-state index >= 15 is 0 Å². The first-order valence-corrected chi connectivity index (χ1v) is 9.97. The maximum Gasteiger partial charge on any atom is 0.220 e. The van der Waals surface area contributed by atoms with Crippen LogP contribution in [0.25, 0.3) is 0 Å². The lowest BCUT2D eigenvalue weighted by Gasteiger charge is -2.35. The van der Waals surface area contributed by atoms with Crippen molar-refractivity contribution in [2.45, 2.75) is 25.8 Å². The van der Waals surface area contributed by atoms with E-state index in [0.29, 0.717) is 19.8 Å². The number of hydrogen-bond donors (Lipinski definition) is 1. The summed E-state index contributed by atoms with van der Waals surface area (Å²) in [7, 11) is 0. The zero-order chi connectivity index (χ0) is 20.6. The number of halogens is 1. The first-order valence-electron chi connectivity index (χ1n) is 9.97. The summed E-state index contributed by atoms with van der Waals surface area (Å²) in [6, 6.07) is 14.2. The van der Waals surface area contributed by atoms with Crippen LogP contribution in [-0.2, 0) is 9.53 Å². The highest BCUT2D eigenvalue weighted by Crippen LogP contribution is 2.22. The second kappa shape index (κ2) is 10.3. The summed E-state index contributed by atoms with van der Waals surface area (Å²) in [5, 5.41) is 2.95. The van der Waals surface area contributed by atoms with Crippen molar-refractivity contribution in [1.82, 2.24) is 10.2 Å². The van der Waals surface area contributed by atoms with Gasteiger partial charge >= 0.3 is 0 Å². The summed E-state index contributed by atoms with van der Waals surface area (Å²) in [6.45, 7) is 5.46. The van der Waals surface area contributed by atoms with Gasteiger partial charge in [0.2, 0.25) is 5.91 Å². The minimum Gasteiger partial charge on any atom is -0.379 e. The number of nitrogens with one attached hydrogen (secondary N) is 1. The van der Waals surface area contributed by atoms with Crippen LogP contribution < -0.4 is 5.32 Å². The molecule has 0 aliphatic carbocycles. The number of amides is 1. The third-order valence-electron chi connectivity index (χ3n) is 5.19. The zero-order valence-corrected chi connectivity index (χ0v) is 16.7. The highest BCUT2D eigenvalue weighted by Gasteiger charge is 2.23. The van der Waals surface area contributed by atoms with Crippen molar-refractivity contribution >= 4 is 11.7 Å². The molecule has 0 spiro atoms. The van der Waals surface area contributed by atoms with Crippen molar-refractivity contribution in [3.63, 3.8) is 0 Å². The van der Waals surface area contributed by atoms with Crippen LogP contribution in [-0.4, -0.2) is 49.4 Å². The molecule has 2 aromatic carbocycles. The van der Waals surface area contributed by atoms with Gasteiger partial charge in [0.1, 0.15) is 5.82 Å². The molecular formula is C23H27FN2O3. The van der Waals surface area contributed by atoms with E-state index in [2.05, 4.69) is 34.5 Å². The topological polar surface area (TPSA) is 58.6 Å². The largest absolute Gasteiger partial charge is 0.379 e. The van der Waals surface area contributed by atoms with Crippen LogP contribution in [0, 0.1) is 12.7 Å². The minimum atomic E-state index is -0.551. The van der Waals surface area contributed by atoms with Crippen molar-refractivity contribution in [2.24, 2.45) is 0 Å². The van der Waals surface area contributed by atoms with Gasteiger partial charge in [-0.2, -0.15) is 0 Å². The summed E-state index contributed by atoms with van der Waals surface area (Å²) in [5.74, 6) is -1.12. The predicted molar refractivity (Wildman–Crippen MR) is 109 cm³/mol. The minimum absolute atomic E-state index is 0.0144. The average Bonchev–Trinajstić information content (AvgIpc) is 2.74. The molecule has 1 atom stereocenters. The lowest BCUT2D eigenvalue weighted by Crippen LogP contribution is -2.43. The van der Waals surface area contributed by atoms with Gasteiger partial charge in [-0.3, -0.25) is 14.5 Å². The number of ether oxygens (including phenoxy) is 1. The molecule has 1 amide bonds. The van der Waals surface area contributed by atoms with E-state index in [1.165, 1.54) is 23.8 Å². The molecular weight excluding hydrogens is 371 g/mol. The number of benzene rings is 2. The molecule has 1 N–H and O–H groups in total. The monoisotopic (exact) mass is 398 g/mol. The molecule has 0 radical (unpaired) electrons. The van der Waals surface area contributed by atoms with E-state index in [9.17, 15) is 14.0 Å². The smallest absolute Gasteiger partial charge is 0.220 e. The second-order valence-corrected chi connectivity index (χ2v) is 7.28. The van der Waals surface area contributed by atoms with E-state index in [0.717, 1.165) is 18.7 Å². The molecule has 0 bridgehead atoms. The lowest BCUT2D eigenvalue weighted by molar-refractivity contribution is -0.121. The molecule has 5 nitrogen and oxygen atoms in total. The fraction of sp³-hybridized carbons (Fsp3) is 0.391. The second-order valence-electron chi connectivity index (χ2n) is 7.28. The van der Waals surface area contributed by atoms with Crippen LogP contribution in [0.2, 0.25) is 0 Å². The van der Waals surface area contributed by atoms with Gasteiger partial charge in [-0.25, -0.2) is 4.39 Å². The van der Waals surface area contributed by atoms with Gasteiger partial charge in [-0.1, -0.05) is 42.0 Å². The molecule has 2 aromatic rings. The van der Waals surface area contributed by atoms with Crippen molar-refractivity contribution in [1.29, 1.82) is 0 Å². The Labute approximate surface area is 170 Å². The number of nitrogens with zero attached hydrogens (tertiary/aromatic N) is 1. The Kier molecular flexibility index (Phi) is 7.49. The van der Waals surface area contributed by atoms with Crippen LogP contribution >= 0.6 is 0 Å². The fourth-order valence-corrected chi connectivity index (χ4v) is 3.48. The molecule has 0 aromatic heterocycles. The Balaban J connectivity index is 1.57. The molecule has 1 saturated heterocycles. The molecule has 1 fully saturated rings. The van der Waals surface area contributed by atoms with Gasteiger partial charge in [0.05, 0.1) is 24.8 Å². The van der Waals surface area contributed by atoms with Gasteiger partial charge in [0.15, 0.2) is 5.78 Å². The van der Waals surface area contributed by atoms with Crippen LogP contribution in [0.4, 0.5) is 4.39 Å². The highest BCUT2D eigenvalue weighted by atomic mass is 19.1. The molecule has 1 unspecified atom stereocenters. The number of rotatable bonds is 8. The molecule has 0 saturated carbocycles. The van der Waals surface area contributed by atoms with Crippen LogP contribution in [0.1, 0.15) is 40.4 Å². The Morgan fingerprint density at radius 1 is 1.07 bits per heavy atom. The Morgan fingerprint density at radius 3 is 2.45 bits per heavy atom. The van der Waals surface area contributed by atoms with Crippen molar-refractivity contribution in [2.75, 3.05) is 32.8 Å². The van der Waals surface area contributed by atoms with E-state index in [4.69, 9.17) is 4.74 Å². The Morgan fingerprint density at radius 2 is 1.76 bits per heavy atom. The Hall–Kier alpha value is -2.57. The van der Waals surface area contributed by atoms with E-state index < -0.39 is 5.82 Å². The van der Waals surface area contributed by atoms with E-state index in [-0.39, 0.29) is 36.1 Å². The van der Waals surface area contributed by atoms with E-state index in [1.54, 1.807) is 6.07 Å². The number of morpholine rings is 1. The molecule has 154 valence electrons. The predicted octanol–water partition coefficient (Wildman–Crippen LogP) is 3.29. The Bertz CT molecular complexity index is 832. The van der Waals surface area contributed by atoms with Gasteiger partial charge in [-0.15, -0.1) is 0 Å². The standard InChI is InChI=1S/C23H27FN2O3/c1-17-6-8-18(9-7-17)21(26-12-14-29-15-13-26)16-25-23(28)11-10-22(27)19-4-2-3-5-20(19)24/h2-9,21H,10-16H2,1H3,(H,25,28). The van der Waals surface area contributed by atoms with Gasteiger partial charge in [0, 0.05) is 32.5 Å². The molecule has 1 heterocycles. The molecule has 1 aliphatic rings. The maximum absolute atomic E-state index is 13.7. The van der Waals surface area contributed by atoms with Crippen molar-refractivity contribution < 1.29 is 18.7 Å². The molecule has 3 rings (SSSR count). The highest BCUT2D eigenvalue weighted by molar-refractivity contribution is 5.98. The first-order chi connectivity index (χ1) is 14.0. The summed E-state index contributed by atoms with van der Waals surface area (Å²) in [6.07, 6.45) is 0.0242. The molecule has 1 aliphatic heterocycles. The number of carbonyl (C=O) groups excluding carboxylic acids is 2. The lowest BCUT2D eigenvalue weighted by atomic mass is 10.0. The van der Waals surface area contributed by atoms with Gasteiger partial charge < -0.3 is 10.1 Å². The van der Waals surface area contributed by atoms with Crippen molar-refractivity contribution in [3.05, 3.63) is 71.0 Å².